The Morgan fingerprint density at radius 1 is 1.67 bits per heavy atom. The average Bonchev–Trinajstić information content (AvgIpc) is 2.60. The van der Waals surface area contributed by atoms with Crippen LogP contribution in [0.5, 0.6) is 0 Å². The first-order chi connectivity index (χ1) is 6.65. The summed E-state index contributed by atoms with van der Waals surface area (Å²) in [5.41, 5.74) is 0. The Kier molecular flexibility index (Phi) is 7.17. The lowest BCUT2D eigenvalue weighted by Gasteiger charge is -2.10. The molecule has 0 saturated heterocycles. The first-order valence-electron chi connectivity index (χ1n) is 4.33. The fourth-order valence-electron chi connectivity index (χ4n) is 0.884. The van der Waals surface area contributed by atoms with Crippen molar-refractivity contribution >= 4 is 45.6 Å². The van der Waals surface area contributed by atoms with Crippen LogP contribution in [0, 0.1) is 0 Å². The average molecular weight is 314 g/mol. The first-order valence-corrected chi connectivity index (χ1v) is 6.01. The van der Waals surface area contributed by atoms with Crippen LogP contribution < -0.4 is 10.6 Å². The third kappa shape index (κ3) is 4.51. The van der Waals surface area contributed by atoms with Crippen LogP contribution in [0.1, 0.15) is 16.6 Å². The summed E-state index contributed by atoms with van der Waals surface area (Å²) in [6, 6.07) is 2.17. The third-order valence-electron chi connectivity index (χ3n) is 1.89. The van der Waals surface area contributed by atoms with Crippen LogP contribution in [-0.2, 0) is 0 Å². The summed E-state index contributed by atoms with van der Waals surface area (Å²) < 4.78 is 0.858. The van der Waals surface area contributed by atoms with Gasteiger partial charge in [0.05, 0.1) is 0 Å². The van der Waals surface area contributed by atoms with Gasteiger partial charge in [-0.1, -0.05) is 0 Å². The normalized spacial score (nSPS) is 11.7. The molecule has 0 radical (unpaired) electrons. The van der Waals surface area contributed by atoms with E-state index in [1.54, 1.807) is 0 Å². The maximum atomic E-state index is 11.6. The summed E-state index contributed by atoms with van der Waals surface area (Å²) >= 11 is 4.76. The number of hydrogen-bond donors (Lipinski definition) is 2. The zero-order chi connectivity index (χ0) is 10.6. The van der Waals surface area contributed by atoms with Gasteiger partial charge < -0.3 is 10.6 Å². The standard InChI is InChI=1S/C9H13BrN2OS.ClH/c1-6(11-2)5-12-9(13)8-7(10)3-4-14-8;/h3-4,6,11H,5H2,1-2H3,(H,12,13);1H. The molecular weight excluding hydrogens is 300 g/mol. The topological polar surface area (TPSA) is 41.1 Å². The van der Waals surface area contributed by atoms with E-state index < -0.39 is 0 Å². The molecule has 0 aliphatic heterocycles. The van der Waals surface area contributed by atoms with E-state index in [2.05, 4.69) is 26.6 Å². The molecule has 1 rings (SSSR count). The number of amides is 1. The number of hydrogen-bond acceptors (Lipinski definition) is 3. The van der Waals surface area contributed by atoms with Gasteiger partial charge >= 0.3 is 0 Å². The number of thiophene rings is 1. The Balaban J connectivity index is 0.00000196. The molecule has 1 aromatic rings. The molecule has 0 spiro atoms. The van der Waals surface area contributed by atoms with Crippen LogP contribution in [0.25, 0.3) is 0 Å². The van der Waals surface area contributed by atoms with Crippen molar-refractivity contribution in [2.24, 2.45) is 0 Å². The quantitative estimate of drug-likeness (QED) is 0.895. The van der Waals surface area contributed by atoms with Crippen molar-refractivity contribution < 1.29 is 4.79 Å². The molecule has 0 aliphatic carbocycles. The molecule has 0 fully saturated rings. The lowest BCUT2D eigenvalue weighted by molar-refractivity contribution is 0.0954. The van der Waals surface area contributed by atoms with Crippen LogP contribution in [-0.4, -0.2) is 25.5 Å². The second kappa shape index (κ2) is 7.22. The van der Waals surface area contributed by atoms with E-state index in [1.807, 2.05) is 25.4 Å². The summed E-state index contributed by atoms with van der Waals surface area (Å²) in [6.45, 7) is 2.66. The van der Waals surface area contributed by atoms with Gasteiger partial charge in [0.2, 0.25) is 0 Å². The molecule has 15 heavy (non-hydrogen) atoms. The Bertz CT molecular complexity index is 319. The fraction of sp³-hybridized carbons (Fsp3) is 0.444. The number of carbonyl (C=O) groups is 1. The third-order valence-corrected chi connectivity index (χ3v) is 3.72. The highest BCUT2D eigenvalue weighted by molar-refractivity contribution is 9.10. The first kappa shape index (κ1) is 14.9. The van der Waals surface area contributed by atoms with Gasteiger partial charge in [-0.3, -0.25) is 4.79 Å². The highest BCUT2D eigenvalue weighted by atomic mass is 79.9. The molecule has 0 saturated carbocycles. The minimum absolute atomic E-state index is 0. The van der Waals surface area contributed by atoms with Crippen molar-refractivity contribution in [1.29, 1.82) is 0 Å². The van der Waals surface area contributed by atoms with E-state index in [9.17, 15) is 4.79 Å². The monoisotopic (exact) mass is 312 g/mol. The van der Waals surface area contributed by atoms with E-state index in [1.165, 1.54) is 11.3 Å². The smallest absolute Gasteiger partial charge is 0.262 e. The number of carbonyl (C=O) groups excluding carboxylic acids is 1. The summed E-state index contributed by atoms with van der Waals surface area (Å²) in [5, 5.41) is 7.80. The molecule has 1 amide bonds. The van der Waals surface area contributed by atoms with Crippen LogP contribution in [0.2, 0.25) is 0 Å². The molecular formula is C9H14BrClN2OS. The molecule has 1 heterocycles. The number of rotatable bonds is 4. The Morgan fingerprint density at radius 2 is 2.33 bits per heavy atom. The van der Waals surface area contributed by atoms with E-state index in [-0.39, 0.29) is 24.4 Å². The maximum Gasteiger partial charge on any atom is 0.262 e. The van der Waals surface area contributed by atoms with Gasteiger partial charge in [-0.15, -0.1) is 23.7 Å². The SMILES string of the molecule is CNC(C)CNC(=O)c1sccc1Br.Cl. The van der Waals surface area contributed by atoms with Crippen molar-refractivity contribution in [2.45, 2.75) is 13.0 Å². The number of nitrogens with one attached hydrogen (secondary N) is 2. The van der Waals surface area contributed by atoms with Gasteiger partial charge in [-0.25, -0.2) is 0 Å². The van der Waals surface area contributed by atoms with E-state index in [4.69, 9.17) is 0 Å². The second-order valence-electron chi connectivity index (χ2n) is 3.00. The van der Waals surface area contributed by atoms with Crippen LogP contribution in [0.15, 0.2) is 15.9 Å². The van der Waals surface area contributed by atoms with Gasteiger partial charge in [0.15, 0.2) is 0 Å². The van der Waals surface area contributed by atoms with Crippen molar-refractivity contribution in [3.8, 4) is 0 Å². The number of likely N-dealkylation sites (N-methyl/N-ethyl adjacent to an activating group) is 1. The van der Waals surface area contributed by atoms with Crippen molar-refractivity contribution in [2.75, 3.05) is 13.6 Å². The molecule has 0 aliphatic rings. The summed E-state index contributed by atoms with van der Waals surface area (Å²) in [6.07, 6.45) is 0. The maximum absolute atomic E-state index is 11.6. The van der Waals surface area contributed by atoms with Crippen molar-refractivity contribution in [3.05, 3.63) is 20.8 Å². The van der Waals surface area contributed by atoms with Gasteiger partial charge in [0.1, 0.15) is 4.88 Å². The predicted molar refractivity (Wildman–Crippen MR) is 70.1 cm³/mol. The number of halogens is 2. The van der Waals surface area contributed by atoms with Gasteiger partial charge in [0.25, 0.3) is 5.91 Å². The molecule has 6 heteroatoms. The summed E-state index contributed by atoms with van der Waals surface area (Å²) in [4.78, 5) is 12.3. The Hall–Kier alpha value is -0.100. The fourth-order valence-corrected chi connectivity index (χ4v) is 2.35. The predicted octanol–water partition coefficient (Wildman–Crippen LogP) is 2.27. The van der Waals surface area contributed by atoms with Gasteiger partial charge in [-0.05, 0) is 41.3 Å². The van der Waals surface area contributed by atoms with E-state index in [0.717, 1.165) is 9.35 Å². The molecule has 3 nitrogen and oxygen atoms in total. The van der Waals surface area contributed by atoms with E-state index >= 15 is 0 Å². The Morgan fingerprint density at radius 3 is 2.80 bits per heavy atom. The largest absolute Gasteiger partial charge is 0.350 e. The van der Waals surface area contributed by atoms with Gasteiger partial charge in [0, 0.05) is 17.1 Å². The molecule has 1 unspecified atom stereocenters. The van der Waals surface area contributed by atoms with Crippen LogP contribution >= 0.6 is 39.7 Å². The summed E-state index contributed by atoms with van der Waals surface area (Å²) in [5.74, 6) is -0.0195. The zero-order valence-corrected chi connectivity index (χ0v) is 11.8. The molecule has 1 atom stereocenters. The van der Waals surface area contributed by atoms with Crippen molar-refractivity contribution in [1.82, 2.24) is 10.6 Å². The van der Waals surface area contributed by atoms with Crippen molar-refractivity contribution in [3.63, 3.8) is 0 Å². The zero-order valence-electron chi connectivity index (χ0n) is 8.54. The molecule has 0 bridgehead atoms. The lowest BCUT2D eigenvalue weighted by atomic mass is 10.3. The minimum atomic E-state index is -0.0195. The van der Waals surface area contributed by atoms with Gasteiger partial charge in [-0.2, -0.15) is 0 Å². The highest BCUT2D eigenvalue weighted by Crippen LogP contribution is 2.22. The van der Waals surface area contributed by atoms with Crippen LogP contribution in [0.3, 0.4) is 0 Å². The Labute approximate surface area is 108 Å². The van der Waals surface area contributed by atoms with Crippen LogP contribution in [0.4, 0.5) is 0 Å². The molecule has 0 aromatic carbocycles. The minimum Gasteiger partial charge on any atom is -0.350 e. The highest BCUT2D eigenvalue weighted by Gasteiger charge is 2.11. The second-order valence-corrected chi connectivity index (χ2v) is 4.77. The molecule has 86 valence electrons. The lowest BCUT2D eigenvalue weighted by Crippen LogP contribution is -2.36. The summed E-state index contributed by atoms with van der Waals surface area (Å²) in [7, 11) is 1.87. The van der Waals surface area contributed by atoms with E-state index in [0.29, 0.717) is 6.54 Å². The molecule has 2 N–H and O–H groups in total. The molecule has 1 aromatic heterocycles.